The summed E-state index contributed by atoms with van der Waals surface area (Å²) in [5.41, 5.74) is 3.25. The summed E-state index contributed by atoms with van der Waals surface area (Å²) in [6.07, 6.45) is 7.15. The second kappa shape index (κ2) is 12.3. The smallest absolute Gasteiger partial charge is 0.251 e. The van der Waals surface area contributed by atoms with Crippen LogP contribution >= 0.6 is 0 Å². The average molecular weight is 511 g/mol. The minimum Gasteiger partial charge on any atom is -0.457 e. The number of nitrogens with one attached hydrogen (secondary N) is 1. The molecule has 3 aromatic rings. The van der Waals surface area contributed by atoms with Gasteiger partial charge in [-0.15, -0.1) is 0 Å². The van der Waals surface area contributed by atoms with E-state index in [2.05, 4.69) is 36.5 Å². The van der Waals surface area contributed by atoms with Gasteiger partial charge in [0.2, 0.25) is 5.91 Å². The molecule has 3 atom stereocenters. The topological polar surface area (TPSA) is 58.6 Å². The molecular formula is C33H38N2O3. The third kappa shape index (κ3) is 6.83. The monoisotopic (exact) mass is 510 g/mol. The zero-order valence-corrected chi connectivity index (χ0v) is 22.3. The number of para-hydroxylation sites is 1. The van der Waals surface area contributed by atoms with E-state index in [-0.39, 0.29) is 11.8 Å². The first-order chi connectivity index (χ1) is 18.6. The Labute approximate surface area is 226 Å². The van der Waals surface area contributed by atoms with Crippen LogP contribution in [0.2, 0.25) is 0 Å². The lowest BCUT2D eigenvalue weighted by atomic mass is 10.0. The Kier molecular flexibility index (Phi) is 8.42. The Balaban J connectivity index is 1.18. The highest BCUT2D eigenvalue weighted by atomic mass is 16.5. The summed E-state index contributed by atoms with van der Waals surface area (Å²) in [5, 5.41) is 3.07. The maximum absolute atomic E-state index is 13.4. The number of carbonyl (C=O) groups is 2. The fraction of sp³-hybridized carbons (Fsp3) is 0.394. The van der Waals surface area contributed by atoms with Gasteiger partial charge in [-0.3, -0.25) is 9.59 Å². The molecule has 0 spiro atoms. The number of nitrogens with zero attached hydrogens (tertiary/aromatic N) is 1. The van der Waals surface area contributed by atoms with Gasteiger partial charge < -0.3 is 15.0 Å². The van der Waals surface area contributed by atoms with Crippen molar-refractivity contribution in [1.82, 2.24) is 10.2 Å². The van der Waals surface area contributed by atoms with E-state index < -0.39 is 6.04 Å². The third-order valence-electron chi connectivity index (χ3n) is 7.86. The molecule has 1 heterocycles. The van der Waals surface area contributed by atoms with Gasteiger partial charge in [-0.05, 0) is 99.2 Å². The van der Waals surface area contributed by atoms with Gasteiger partial charge in [-0.25, -0.2) is 0 Å². The van der Waals surface area contributed by atoms with Crippen molar-refractivity contribution in [2.75, 3.05) is 13.1 Å². The zero-order chi connectivity index (χ0) is 26.3. The van der Waals surface area contributed by atoms with Crippen LogP contribution in [0.15, 0.2) is 78.9 Å². The van der Waals surface area contributed by atoms with Crippen LogP contribution in [-0.4, -0.2) is 35.8 Å². The predicted octanol–water partition coefficient (Wildman–Crippen LogP) is 6.87. The van der Waals surface area contributed by atoms with E-state index in [1.165, 1.54) is 24.0 Å². The highest BCUT2D eigenvalue weighted by Crippen LogP contribution is 2.50. The van der Waals surface area contributed by atoms with Crippen LogP contribution in [0, 0.1) is 12.8 Å². The summed E-state index contributed by atoms with van der Waals surface area (Å²) < 4.78 is 5.85. The first-order valence-electron chi connectivity index (χ1n) is 14.1. The van der Waals surface area contributed by atoms with Gasteiger partial charge in [0.25, 0.3) is 5.91 Å². The van der Waals surface area contributed by atoms with Crippen molar-refractivity contribution in [3.63, 3.8) is 0 Å². The summed E-state index contributed by atoms with van der Waals surface area (Å²) in [6, 6.07) is 25.0. The standard InChI is InChI=1S/C33H38N2O3/c1-24-13-15-25(16-14-24)30-23-27(30)9-8-12-31(33(37)35-21-6-3-7-22-35)34-32(36)26-17-19-29(20-18-26)38-28-10-4-2-5-11-28/h2,4-5,10-11,13-20,27,30-31H,3,6-9,12,21-23H2,1H3,(H,34,36)/t27-,30+,31+/m1/s1. The van der Waals surface area contributed by atoms with Crippen molar-refractivity contribution in [3.8, 4) is 11.5 Å². The second-order valence-corrected chi connectivity index (χ2v) is 10.8. The molecule has 1 aliphatic carbocycles. The second-order valence-electron chi connectivity index (χ2n) is 10.8. The van der Waals surface area contributed by atoms with Crippen molar-refractivity contribution in [2.24, 2.45) is 5.92 Å². The molecule has 38 heavy (non-hydrogen) atoms. The number of piperidine rings is 1. The van der Waals surface area contributed by atoms with E-state index in [4.69, 9.17) is 4.74 Å². The zero-order valence-electron chi connectivity index (χ0n) is 22.3. The number of benzene rings is 3. The van der Waals surface area contributed by atoms with Crippen molar-refractivity contribution >= 4 is 11.8 Å². The number of hydrogen-bond acceptors (Lipinski definition) is 3. The van der Waals surface area contributed by atoms with Gasteiger partial charge >= 0.3 is 0 Å². The van der Waals surface area contributed by atoms with E-state index in [1.54, 1.807) is 24.3 Å². The van der Waals surface area contributed by atoms with Gasteiger partial charge in [-0.1, -0.05) is 54.4 Å². The third-order valence-corrected chi connectivity index (χ3v) is 7.86. The summed E-state index contributed by atoms with van der Waals surface area (Å²) >= 11 is 0. The molecule has 1 N–H and O–H groups in total. The molecule has 3 aromatic carbocycles. The number of amides is 2. The summed E-state index contributed by atoms with van der Waals surface area (Å²) in [5.74, 6) is 2.58. The maximum atomic E-state index is 13.4. The molecule has 0 aromatic heterocycles. The van der Waals surface area contributed by atoms with E-state index in [1.807, 2.05) is 35.2 Å². The van der Waals surface area contributed by atoms with Gasteiger partial charge in [0.1, 0.15) is 17.5 Å². The highest BCUT2D eigenvalue weighted by Gasteiger charge is 2.38. The molecular weight excluding hydrogens is 472 g/mol. The Morgan fingerprint density at radius 1 is 0.895 bits per heavy atom. The summed E-state index contributed by atoms with van der Waals surface area (Å²) in [6.45, 7) is 3.69. The van der Waals surface area contributed by atoms with Crippen LogP contribution in [0.25, 0.3) is 0 Å². The number of likely N-dealkylation sites (tertiary alicyclic amines) is 1. The fourth-order valence-corrected chi connectivity index (χ4v) is 5.51. The van der Waals surface area contributed by atoms with Crippen LogP contribution < -0.4 is 10.1 Å². The molecule has 0 bridgehead atoms. The first kappa shape index (κ1) is 26.0. The Morgan fingerprint density at radius 3 is 2.29 bits per heavy atom. The normalized spacial score (nSPS) is 19.4. The number of hydrogen-bond donors (Lipinski definition) is 1. The molecule has 0 radical (unpaired) electrons. The van der Waals surface area contributed by atoms with Crippen molar-refractivity contribution in [3.05, 3.63) is 95.6 Å². The first-order valence-corrected chi connectivity index (χ1v) is 14.1. The van der Waals surface area contributed by atoms with Gasteiger partial charge in [0.15, 0.2) is 0 Å². The lowest BCUT2D eigenvalue weighted by Crippen LogP contribution is -2.50. The summed E-state index contributed by atoms with van der Waals surface area (Å²) in [4.78, 5) is 28.5. The molecule has 198 valence electrons. The molecule has 1 saturated carbocycles. The molecule has 5 rings (SSSR count). The van der Waals surface area contributed by atoms with E-state index >= 15 is 0 Å². The minimum atomic E-state index is -0.488. The molecule has 2 amide bonds. The van der Waals surface area contributed by atoms with E-state index in [0.29, 0.717) is 29.6 Å². The number of rotatable bonds is 10. The quantitative estimate of drug-likeness (QED) is 0.324. The van der Waals surface area contributed by atoms with Crippen molar-refractivity contribution < 1.29 is 14.3 Å². The molecule has 2 fully saturated rings. The van der Waals surface area contributed by atoms with Crippen molar-refractivity contribution in [1.29, 1.82) is 0 Å². The molecule has 1 aliphatic heterocycles. The molecule has 5 nitrogen and oxygen atoms in total. The van der Waals surface area contributed by atoms with Gasteiger partial charge in [0, 0.05) is 18.7 Å². The average Bonchev–Trinajstić information content (AvgIpc) is 3.73. The largest absolute Gasteiger partial charge is 0.457 e. The highest BCUT2D eigenvalue weighted by molar-refractivity contribution is 5.97. The van der Waals surface area contributed by atoms with Crippen LogP contribution in [0.4, 0.5) is 0 Å². The number of aryl methyl sites for hydroxylation is 1. The number of ether oxygens (including phenoxy) is 1. The van der Waals surface area contributed by atoms with Gasteiger partial charge in [-0.2, -0.15) is 0 Å². The molecule has 5 heteroatoms. The molecule has 2 aliphatic rings. The predicted molar refractivity (Wildman–Crippen MR) is 151 cm³/mol. The Morgan fingerprint density at radius 2 is 1.58 bits per heavy atom. The number of carbonyl (C=O) groups excluding carboxylic acids is 2. The SMILES string of the molecule is Cc1ccc([C@@H]2C[C@H]2CCC[C@H](NC(=O)c2ccc(Oc3ccccc3)cc2)C(=O)N2CCCCC2)cc1. The van der Waals surface area contributed by atoms with Crippen LogP contribution in [-0.2, 0) is 4.79 Å². The Hall–Kier alpha value is -3.60. The van der Waals surface area contributed by atoms with Crippen molar-refractivity contribution in [2.45, 2.75) is 63.8 Å². The lowest BCUT2D eigenvalue weighted by molar-refractivity contribution is -0.134. The fourth-order valence-electron chi connectivity index (χ4n) is 5.51. The molecule has 1 saturated heterocycles. The molecule has 0 unspecified atom stereocenters. The van der Waals surface area contributed by atoms with E-state index in [9.17, 15) is 9.59 Å². The summed E-state index contributed by atoms with van der Waals surface area (Å²) in [7, 11) is 0. The minimum absolute atomic E-state index is 0.0629. The lowest BCUT2D eigenvalue weighted by Gasteiger charge is -2.31. The maximum Gasteiger partial charge on any atom is 0.251 e. The van der Waals surface area contributed by atoms with Gasteiger partial charge in [0.05, 0.1) is 0 Å². The van der Waals surface area contributed by atoms with Crippen LogP contribution in [0.5, 0.6) is 11.5 Å². The van der Waals surface area contributed by atoms with Crippen LogP contribution in [0.1, 0.15) is 72.3 Å². The van der Waals surface area contributed by atoms with E-state index in [0.717, 1.165) is 44.5 Å². The van der Waals surface area contributed by atoms with Crippen LogP contribution in [0.3, 0.4) is 0 Å². The Bertz CT molecular complexity index is 1200.